The first-order valence-electron chi connectivity index (χ1n) is 7.23. The molecule has 2 aliphatic rings. The lowest BCUT2D eigenvalue weighted by atomic mass is 10.00. The standard InChI is InChI=1S/C15H20ClN3O/c16-13-3-1-2-11(8-13)14-10-18-6-7-19(14)15(20)12-4-5-17-9-12/h1-3,8,12,14,17-18H,4-7,9-10H2. The van der Waals surface area contributed by atoms with E-state index >= 15 is 0 Å². The minimum absolute atomic E-state index is 0.0931. The van der Waals surface area contributed by atoms with Gasteiger partial charge >= 0.3 is 0 Å². The molecule has 1 aromatic rings. The zero-order chi connectivity index (χ0) is 13.9. The van der Waals surface area contributed by atoms with Crippen LogP contribution in [-0.2, 0) is 4.79 Å². The minimum atomic E-state index is 0.0931. The normalized spacial score (nSPS) is 26.8. The second kappa shape index (κ2) is 6.12. The van der Waals surface area contributed by atoms with Crippen molar-refractivity contribution >= 4 is 17.5 Å². The van der Waals surface area contributed by atoms with Gasteiger partial charge in [-0.2, -0.15) is 0 Å². The van der Waals surface area contributed by atoms with E-state index in [1.54, 1.807) is 0 Å². The Kier molecular flexibility index (Phi) is 4.24. The summed E-state index contributed by atoms with van der Waals surface area (Å²) >= 11 is 6.08. The number of hydrogen-bond donors (Lipinski definition) is 2. The molecule has 2 atom stereocenters. The van der Waals surface area contributed by atoms with Crippen molar-refractivity contribution in [1.29, 1.82) is 0 Å². The zero-order valence-electron chi connectivity index (χ0n) is 11.4. The van der Waals surface area contributed by atoms with Gasteiger partial charge in [0, 0.05) is 31.2 Å². The molecule has 0 saturated carbocycles. The molecule has 108 valence electrons. The summed E-state index contributed by atoms with van der Waals surface area (Å²) in [5, 5.41) is 7.37. The Bertz CT molecular complexity index is 488. The highest BCUT2D eigenvalue weighted by Gasteiger charge is 2.33. The maximum absolute atomic E-state index is 12.7. The lowest BCUT2D eigenvalue weighted by Crippen LogP contribution is -2.50. The molecule has 4 nitrogen and oxygen atoms in total. The van der Waals surface area contributed by atoms with Crippen LogP contribution in [0.15, 0.2) is 24.3 Å². The van der Waals surface area contributed by atoms with Crippen LogP contribution in [0.3, 0.4) is 0 Å². The van der Waals surface area contributed by atoms with Crippen molar-refractivity contribution in [2.75, 3.05) is 32.7 Å². The number of hydrogen-bond acceptors (Lipinski definition) is 3. The average Bonchev–Trinajstić information content (AvgIpc) is 3.01. The van der Waals surface area contributed by atoms with Gasteiger partial charge < -0.3 is 15.5 Å². The van der Waals surface area contributed by atoms with E-state index < -0.39 is 0 Å². The van der Waals surface area contributed by atoms with Crippen LogP contribution in [0.5, 0.6) is 0 Å². The lowest BCUT2D eigenvalue weighted by Gasteiger charge is -2.38. The molecule has 2 fully saturated rings. The van der Waals surface area contributed by atoms with Crippen molar-refractivity contribution in [3.8, 4) is 0 Å². The summed E-state index contributed by atoms with van der Waals surface area (Å²) in [6, 6.07) is 7.93. The van der Waals surface area contributed by atoms with Crippen LogP contribution in [-0.4, -0.2) is 43.5 Å². The van der Waals surface area contributed by atoms with E-state index in [0.717, 1.165) is 49.7 Å². The Morgan fingerprint density at radius 1 is 1.25 bits per heavy atom. The number of amides is 1. The van der Waals surface area contributed by atoms with E-state index in [1.807, 2.05) is 23.1 Å². The highest BCUT2D eigenvalue weighted by atomic mass is 35.5. The largest absolute Gasteiger partial charge is 0.333 e. The van der Waals surface area contributed by atoms with Crippen LogP contribution >= 0.6 is 11.6 Å². The van der Waals surface area contributed by atoms with Crippen LogP contribution in [0.2, 0.25) is 5.02 Å². The molecular weight excluding hydrogens is 274 g/mol. The van der Waals surface area contributed by atoms with Crippen molar-refractivity contribution < 1.29 is 4.79 Å². The summed E-state index contributed by atoms with van der Waals surface area (Å²) in [6.07, 6.45) is 0.949. The third-order valence-corrected chi connectivity index (χ3v) is 4.40. The van der Waals surface area contributed by atoms with E-state index in [9.17, 15) is 4.79 Å². The first-order chi connectivity index (χ1) is 9.75. The third-order valence-electron chi connectivity index (χ3n) is 4.17. The number of benzene rings is 1. The molecule has 0 aliphatic carbocycles. The van der Waals surface area contributed by atoms with Gasteiger partial charge in [0.2, 0.25) is 5.91 Å². The number of nitrogens with zero attached hydrogens (tertiary/aromatic N) is 1. The van der Waals surface area contributed by atoms with Gasteiger partial charge in [0.1, 0.15) is 0 Å². The third kappa shape index (κ3) is 2.82. The summed E-state index contributed by atoms with van der Waals surface area (Å²) in [5.74, 6) is 0.413. The average molecular weight is 294 g/mol. The number of carbonyl (C=O) groups is 1. The quantitative estimate of drug-likeness (QED) is 0.867. The summed E-state index contributed by atoms with van der Waals surface area (Å²) in [6.45, 7) is 4.19. The van der Waals surface area contributed by atoms with E-state index in [4.69, 9.17) is 11.6 Å². The van der Waals surface area contributed by atoms with Gasteiger partial charge in [-0.1, -0.05) is 23.7 Å². The molecule has 0 bridgehead atoms. The zero-order valence-corrected chi connectivity index (χ0v) is 12.2. The van der Waals surface area contributed by atoms with E-state index in [0.29, 0.717) is 0 Å². The fraction of sp³-hybridized carbons (Fsp3) is 0.533. The van der Waals surface area contributed by atoms with Crippen molar-refractivity contribution in [1.82, 2.24) is 15.5 Å². The Hall–Kier alpha value is -1.10. The van der Waals surface area contributed by atoms with Crippen LogP contribution in [0.1, 0.15) is 18.0 Å². The highest BCUT2D eigenvalue weighted by molar-refractivity contribution is 6.30. The Morgan fingerprint density at radius 2 is 2.10 bits per heavy atom. The fourth-order valence-electron chi connectivity index (χ4n) is 3.08. The van der Waals surface area contributed by atoms with Crippen LogP contribution in [0.4, 0.5) is 0 Å². The lowest BCUT2D eigenvalue weighted by molar-refractivity contribution is -0.138. The Balaban J connectivity index is 1.81. The summed E-state index contributed by atoms with van der Waals surface area (Å²) in [7, 11) is 0. The smallest absolute Gasteiger partial charge is 0.227 e. The molecule has 0 spiro atoms. The minimum Gasteiger partial charge on any atom is -0.333 e. The van der Waals surface area contributed by atoms with E-state index in [2.05, 4.69) is 16.7 Å². The molecule has 2 unspecified atom stereocenters. The first-order valence-corrected chi connectivity index (χ1v) is 7.61. The predicted octanol–water partition coefficient (Wildman–Crippen LogP) is 1.42. The van der Waals surface area contributed by atoms with Crippen LogP contribution < -0.4 is 10.6 Å². The van der Waals surface area contributed by atoms with Crippen LogP contribution in [0, 0.1) is 5.92 Å². The van der Waals surface area contributed by atoms with E-state index in [1.165, 1.54) is 0 Å². The molecule has 3 rings (SSSR count). The van der Waals surface area contributed by atoms with E-state index in [-0.39, 0.29) is 17.9 Å². The number of piperazine rings is 1. The summed E-state index contributed by atoms with van der Waals surface area (Å²) < 4.78 is 0. The Morgan fingerprint density at radius 3 is 2.85 bits per heavy atom. The SMILES string of the molecule is O=C(C1CCNC1)N1CCNCC1c1cccc(Cl)c1. The highest BCUT2D eigenvalue weighted by Crippen LogP contribution is 2.27. The molecule has 2 saturated heterocycles. The van der Waals surface area contributed by atoms with Gasteiger partial charge in [0.25, 0.3) is 0 Å². The second-order valence-electron chi connectivity index (χ2n) is 5.50. The molecule has 1 aromatic carbocycles. The van der Waals surface area contributed by atoms with Gasteiger partial charge in [-0.05, 0) is 30.7 Å². The molecule has 1 amide bonds. The molecule has 5 heteroatoms. The second-order valence-corrected chi connectivity index (χ2v) is 5.93. The van der Waals surface area contributed by atoms with Crippen LogP contribution in [0.25, 0.3) is 0 Å². The summed E-state index contributed by atoms with van der Waals surface area (Å²) in [5.41, 5.74) is 1.11. The topological polar surface area (TPSA) is 44.4 Å². The van der Waals surface area contributed by atoms with Crippen molar-refractivity contribution in [2.45, 2.75) is 12.5 Å². The predicted molar refractivity (Wildman–Crippen MR) is 79.8 cm³/mol. The maximum atomic E-state index is 12.7. The monoisotopic (exact) mass is 293 g/mol. The van der Waals surface area contributed by atoms with Gasteiger partial charge in [-0.25, -0.2) is 0 Å². The molecule has 2 heterocycles. The number of rotatable bonds is 2. The Labute approximate surface area is 124 Å². The van der Waals surface area contributed by atoms with Gasteiger partial charge in [-0.15, -0.1) is 0 Å². The number of nitrogens with one attached hydrogen (secondary N) is 2. The van der Waals surface area contributed by atoms with Crippen molar-refractivity contribution in [3.05, 3.63) is 34.9 Å². The van der Waals surface area contributed by atoms with Crippen molar-refractivity contribution in [3.63, 3.8) is 0 Å². The summed E-state index contributed by atoms with van der Waals surface area (Å²) in [4.78, 5) is 14.7. The maximum Gasteiger partial charge on any atom is 0.227 e. The fourth-order valence-corrected chi connectivity index (χ4v) is 3.28. The molecule has 2 N–H and O–H groups in total. The first kappa shape index (κ1) is 13.9. The van der Waals surface area contributed by atoms with Gasteiger partial charge in [0.15, 0.2) is 0 Å². The molecular formula is C15H20ClN3O. The van der Waals surface area contributed by atoms with Gasteiger partial charge in [0.05, 0.1) is 12.0 Å². The van der Waals surface area contributed by atoms with Crippen molar-refractivity contribution in [2.24, 2.45) is 5.92 Å². The number of halogens is 1. The van der Waals surface area contributed by atoms with Gasteiger partial charge in [-0.3, -0.25) is 4.79 Å². The number of carbonyl (C=O) groups excluding carboxylic acids is 1. The molecule has 0 aromatic heterocycles. The molecule has 20 heavy (non-hydrogen) atoms. The molecule has 2 aliphatic heterocycles. The molecule has 0 radical (unpaired) electrons.